The minimum absolute atomic E-state index is 0.377. The normalized spacial score (nSPS) is 24.6. The van der Waals surface area contributed by atoms with Crippen LogP contribution < -0.4 is 10.6 Å². The van der Waals surface area contributed by atoms with Gasteiger partial charge in [-0.25, -0.2) is 9.97 Å². The number of aromatic nitrogens is 2. The predicted octanol–water partition coefficient (Wildman–Crippen LogP) is 1.23. The number of fused-ring (bicyclic) bond motifs is 1. The number of hydrogen-bond acceptors (Lipinski definition) is 5. The highest BCUT2D eigenvalue weighted by Gasteiger charge is 2.21. The van der Waals surface area contributed by atoms with Crippen molar-refractivity contribution in [2.75, 3.05) is 18.5 Å². The van der Waals surface area contributed by atoms with E-state index in [1.165, 1.54) is 5.56 Å². The fourth-order valence-electron chi connectivity index (χ4n) is 2.38. The molecule has 0 saturated carbocycles. The fourth-order valence-corrected chi connectivity index (χ4v) is 2.38. The standard InChI is InChI=1S/C12H18N4O/c1-8-10-6-14-12(16-11(10)7-13-8)15-9-2-4-17-5-3-9/h6,8-9,13H,2-5,7H2,1H3,(H,14,15,16). The van der Waals surface area contributed by atoms with Crippen molar-refractivity contribution in [2.45, 2.75) is 38.4 Å². The van der Waals surface area contributed by atoms with Gasteiger partial charge in [0.15, 0.2) is 0 Å². The lowest BCUT2D eigenvalue weighted by Crippen LogP contribution is -2.28. The smallest absolute Gasteiger partial charge is 0.223 e. The van der Waals surface area contributed by atoms with Crippen LogP contribution in [0.5, 0.6) is 0 Å². The number of hydrogen-bond donors (Lipinski definition) is 2. The topological polar surface area (TPSA) is 59.1 Å². The molecule has 1 aromatic heterocycles. The Labute approximate surface area is 101 Å². The van der Waals surface area contributed by atoms with Crippen LogP contribution in [0, 0.1) is 0 Å². The maximum atomic E-state index is 5.33. The van der Waals surface area contributed by atoms with Crippen molar-refractivity contribution in [3.63, 3.8) is 0 Å². The van der Waals surface area contributed by atoms with Crippen LogP contribution in [0.25, 0.3) is 0 Å². The molecule has 2 aliphatic heterocycles. The third-order valence-electron chi connectivity index (χ3n) is 3.50. The molecule has 0 spiro atoms. The lowest BCUT2D eigenvalue weighted by Gasteiger charge is -2.23. The number of ether oxygens (including phenoxy) is 1. The van der Waals surface area contributed by atoms with Gasteiger partial charge in [0.25, 0.3) is 0 Å². The summed E-state index contributed by atoms with van der Waals surface area (Å²) in [5.74, 6) is 0.756. The van der Waals surface area contributed by atoms with Crippen molar-refractivity contribution < 1.29 is 4.74 Å². The monoisotopic (exact) mass is 234 g/mol. The van der Waals surface area contributed by atoms with Crippen LogP contribution in [-0.4, -0.2) is 29.2 Å². The van der Waals surface area contributed by atoms with E-state index in [1.54, 1.807) is 0 Å². The lowest BCUT2D eigenvalue weighted by molar-refractivity contribution is 0.0903. The van der Waals surface area contributed by atoms with Gasteiger partial charge in [-0.3, -0.25) is 0 Å². The summed E-state index contributed by atoms with van der Waals surface area (Å²) in [4.78, 5) is 8.96. The Bertz CT molecular complexity index is 403. The summed E-state index contributed by atoms with van der Waals surface area (Å²) in [5, 5.41) is 6.76. The maximum Gasteiger partial charge on any atom is 0.223 e. The zero-order valence-corrected chi connectivity index (χ0v) is 10.1. The fraction of sp³-hybridized carbons (Fsp3) is 0.667. The summed E-state index contributed by atoms with van der Waals surface area (Å²) in [6, 6.07) is 0.829. The minimum Gasteiger partial charge on any atom is -0.381 e. The van der Waals surface area contributed by atoms with Crippen LogP contribution in [0.15, 0.2) is 6.20 Å². The Kier molecular flexibility index (Phi) is 2.94. The van der Waals surface area contributed by atoms with Crippen molar-refractivity contribution in [2.24, 2.45) is 0 Å². The van der Waals surface area contributed by atoms with E-state index in [1.807, 2.05) is 6.20 Å². The van der Waals surface area contributed by atoms with E-state index in [0.29, 0.717) is 12.1 Å². The van der Waals surface area contributed by atoms with Gasteiger partial charge in [0, 0.05) is 43.6 Å². The van der Waals surface area contributed by atoms with Crippen LogP contribution in [0.2, 0.25) is 0 Å². The summed E-state index contributed by atoms with van der Waals surface area (Å²) < 4.78 is 5.33. The average molecular weight is 234 g/mol. The van der Waals surface area contributed by atoms with Gasteiger partial charge in [-0.2, -0.15) is 0 Å². The molecule has 1 unspecified atom stereocenters. The summed E-state index contributed by atoms with van der Waals surface area (Å²) in [6.07, 6.45) is 4.01. The molecule has 17 heavy (non-hydrogen) atoms. The molecule has 1 aromatic rings. The van der Waals surface area contributed by atoms with E-state index in [0.717, 1.165) is 44.2 Å². The highest BCUT2D eigenvalue weighted by Crippen LogP contribution is 2.23. The number of anilines is 1. The molecule has 1 fully saturated rings. The van der Waals surface area contributed by atoms with Crippen LogP contribution >= 0.6 is 0 Å². The van der Waals surface area contributed by atoms with Gasteiger partial charge >= 0.3 is 0 Å². The second kappa shape index (κ2) is 4.58. The molecule has 1 saturated heterocycles. The summed E-state index contributed by atoms with van der Waals surface area (Å²) >= 11 is 0. The van der Waals surface area contributed by atoms with Crippen LogP contribution in [0.4, 0.5) is 5.95 Å². The Balaban J connectivity index is 1.71. The summed E-state index contributed by atoms with van der Waals surface area (Å²) in [7, 11) is 0. The van der Waals surface area contributed by atoms with Gasteiger partial charge in [0.05, 0.1) is 5.69 Å². The number of nitrogens with one attached hydrogen (secondary N) is 2. The highest BCUT2D eigenvalue weighted by molar-refractivity contribution is 5.34. The third kappa shape index (κ3) is 2.25. The molecule has 5 nitrogen and oxygen atoms in total. The van der Waals surface area contributed by atoms with Gasteiger partial charge in [-0.15, -0.1) is 0 Å². The van der Waals surface area contributed by atoms with Gasteiger partial charge in [0.1, 0.15) is 0 Å². The number of nitrogens with zero attached hydrogens (tertiary/aromatic N) is 2. The third-order valence-corrected chi connectivity index (χ3v) is 3.50. The molecule has 0 amide bonds. The lowest BCUT2D eigenvalue weighted by atomic mass is 10.1. The highest BCUT2D eigenvalue weighted by atomic mass is 16.5. The summed E-state index contributed by atoms with van der Waals surface area (Å²) in [6.45, 7) is 4.66. The molecular formula is C12H18N4O. The molecule has 1 atom stereocenters. The van der Waals surface area contributed by atoms with E-state index in [9.17, 15) is 0 Å². The molecule has 3 heterocycles. The number of rotatable bonds is 2. The maximum absolute atomic E-state index is 5.33. The van der Waals surface area contributed by atoms with Crippen molar-refractivity contribution in [1.82, 2.24) is 15.3 Å². The molecule has 2 aliphatic rings. The van der Waals surface area contributed by atoms with E-state index in [4.69, 9.17) is 4.74 Å². The minimum atomic E-state index is 0.377. The first-order chi connectivity index (χ1) is 8.33. The zero-order chi connectivity index (χ0) is 11.7. The largest absolute Gasteiger partial charge is 0.381 e. The predicted molar refractivity (Wildman–Crippen MR) is 64.8 cm³/mol. The van der Waals surface area contributed by atoms with Crippen molar-refractivity contribution in [1.29, 1.82) is 0 Å². The molecule has 92 valence electrons. The molecule has 2 N–H and O–H groups in total. The molecular weight excluding hydrogens is 216 g/mol. The second-order valence-electron chi connectivity index (χ2n) is 4.73. The van der Waals surface area contributed by atoms with Crippen molar-refractivity contribution in [3.8, 4) is 0 Å². The first-order valence-corrected chi connectivity index (χ1v) is 6.26. The van der Waals surface area contributed by atoms with Gasteiger partial charge in [0.2, 0.25) is 5.95 Å². The Hall–Kier alpha value is -1.20. The SMILES string of the molecule is CC1NCc2nc(NC3CCOCC3)ncc21. The van der Waals surface area contributed by atoms with E-state index in [-0.39, 0.29) is 0 Å². The Morgan fingerprint density at radius 2 is 2.24 bits per heavy atom. The Morgan fingerprint density at radius 3 is 3.06 bits per heavy atom. The molecule has 0 aliphatic carbocycles. The first-order valence-electron chi connectivity index (χ1n) is 6.26. The van der Waals surface area contributed by atoms with Crippen LogP contribution in [0.3, 0.4) is 0 Å². The average Bonchev–Trinajstić information content (AvgIpc) is 2.72. The van der Waals surface area contributed by atoms with Crippen molar-refractivity contribution >= 4 is 5.95 Å². The Morgan fingerprint density at radius 1 is 1.41 bits per heavy atom. The van der Waals surface area contributed by atoms with Crippen LogP contribution in [0.1, 0.15) is 37.1 Å². The van der Waals surface area contributed by atoms with Gasteiger partial charge in [-0.05, 0) is 19.8 Å². The summed E-state index contributed by atoms with van der Waals surface area (Å²) in [5.41, 5.74) is 2.35. The van der Waals surface area contributed by atoms with Gasteiger partial charge < -0.3 is 15.4 Å². The van der Waals surface area contributed by atoms with Gasteiger partial charge in [-0.1, -0.05) is 0 Å². The molecule has 5 heteroatoms. The molecule has 0 bridgehead atoms. The first kappa shape index (κ1) is 10.9. The molecule has 0 radical (unpaired) electrons. The van der Waals surface area contributed by atoms with E-state index < -0.39 is 0 Å². The van der Waals surface area contributed by atoms with E-state index >= 15 is 0 Å². The zero-order valence-electron chi connectivity index (χ0n) is 10.1. The van der Waals surface area contributed by atoms with E-state index in [2.05, 4.69) is 27.5 Å². The second-order valence-corrected chi connectivity index (χ2v) is 4.73. The molecule has 0 aromatic carbocycles. The van der Waals surface area contributed by atoms with Crippen molar-refractivity contribution in [3.05, 3.63) is 17.5 Å². The molecule has 3 rings (SSSR count). The quantitative estimate of drug-likeness (QED) is 0.806. The van der Waals surface area contributed by atoms with Crippen LogP contribution in [-0.2, 0) is 11.3 Å².